The third-order valence-corrected chi connectivity index (χ3v) is 4.39. The summed E-state index contributed by atoms with van der Waals surface area (Å²) in [5.41, 5.74) is -0.301. The molecule has 0 radical (unpaired) electrons. The molecule has 1 unspecified atom stereocenters. The molecule has 6 heteroatoms. The summed E-state index contributed by atoms with van der Waals surface area (Å²) in [6, 6.07) is -0.785. The van der Waals surface area contributed by atoms with E-state index in [0.717, 1.165) is 32.1 Å². The fourth-order valence-electron chi connectivity index (χ4n) is 3.16. The molecule has 0 aromatic heterocycles. The van der Waals surface area contributed by atoms with Gasteiger partial charge in [-0.25, -0.2) is 8.78 Å². The van der Waals surface area contributed by atoms with Crippen LogP contribution in [0.2, 0.25) is 0 Å². The van der Waals surface area contributed by atoms with E-state index in [9.17, 15) is 13.6 Å². The van der Waals surface area contributed by atoms with Crippen molar-refractivity contribution in [2.45, 2.75) is 69.4 Å². The summed E-state index contributed by atoms with van der Waals surface area (Å²) in [6.45, 7) is 2.74. The third kappa shape index (κ3) is 4.61. The molecule has 2 fully saturated rings. The van der Waals surface area contributed by atoms with Gasteiger partial charge in [0.15, 0.2) is 0 Å². The SMILES string of the molecule is CCCOC1(CNC(=O)C2CC(F)(F)CN2)CCCCC1. The van der Waals surface area contributed by atoms with Gasteiger partial charge in [-0.3, -0.25) is 10.1 Å². The molecule has 0 bridgehead atoms. The Balaban J connectivity index is 1.85. The highest BCUT2D eigenvalue weighted by Crippen LogP contribution is 2.31. The lowest BCUT2D eigenvalue weighted by atomic mass is 9.84. The van der Waals surface area contributed by atoms with Crippen molar-refractivity contribution in [2.24, 2.45) is 0 Å². The number of rotatable bonds is 6. The summed E-state index contributed by atoms with van der Waals surface area (Å²) < 4.78 is 32.2. The van der Waals surface area contributed by atoms with Crippen LogP contribution in [0.25, 0.3) is 0 Å². The van der Waals surface area contributed by atoms with Crippen molar-refractivity contribution in [3.8, 4) is 0 Å². The number of hydrogen-bond donors (Lipinski definition) is 2. The number of halogens is 2. The van der Waals surface area contributed by atoms with E-state index in [1.165, 1.54) is 6.42 Å². The molecule has 1 aliphatic heterocycles. The molecule has 2 N–H and O–H groups in total. The maximum absolute atomic E-state index is 13.1. The van der Waals surface area contributed by atoms with Gasteiger partial charge in [0.25, 0.3) is 5.92 Å². The fraction of sp³-hybridized carbons (Fsp3) is 0.933. The Bertz CT molecular complexity index is 358. The molecular weight excluding hydrogens is 278 g/mol. The number of carbonyl (C=O) groups is 1. The largest absolute Gasteiger partial charge is 0.373 e. The molecule has 1 saturated carbocycles. The third-order valence-electron chi connectivity index (χ3n) is 4.39. The molecule has 1 atom stereocenters. The summed E-state index contributed by atoms with van der Waals surface area (Å²) in [5.74, 6) is -3.11. The van der Waals surface area contributed by atoms with Crippen molar-refractivity contribution in [2.75, 3.05) is 19.7 Å². The number of alkyl halides is 2. The molecule has 4 nitrogen and oxygen atoms in total. The average Bonchev–Trinajstić information content (AvgIpc) is 2.84. The Morgan fingerprint density at radius 2 is 2.05 bits per heavy atom. The summed E-state index contributed by atoms with van der Waals surface area (Å²) >= 11 is 0. The van der Waals surface area contributed by atoms with E-state index >= 15 is 0 Å². The zero-order chi connectivity index (χ0) is 15.3. The summed E-state index contributed by atoms with van der Waals surface area (Å²) in [5, 5.41) is 5.41. The van der Waals surface area contributed by atoms with Gasteiger partial charge in [0.05, 0.1) is 18.2 Å². The summed E-state index contributed by atoms with van der Waals surface area (Å²) in [4.78, 5) is 12.0. The molecule has 1 aliphatic carbocycles. The minimum absolute atomic E-state index is 0.301. The maximum atomic E-state index is 13.1. The molecule has 122 valence electrons. The molecule has 1 saturated heterocycles. The van der Waals surface area contributed by atoms with Crippen LogP contribution in [0.1, 0.15) is 51.9 Å². The molecule has 2 aliphatic rings. The fourth-order valence-corrected chi connectivity index (χ4v) is 3.16. The minimum atomic E-state index is -2.77. The zero-order valence-electron chi connectivity index (χ0n) is 12.7. The first-order valence-corrected chi connectivity index (χ1v) is 7.99. The van der Waals surface area contributed by atoms with Crippen molar-refractivity contribution in [3.05, 3.63) is 0 Å². The quantitative estimate of drug-likeness (QED) is 0.791. The van der Waals surface area contributed by atoms with Gasteiger partial charge < -0.3 is 10.1 Å². The number of carbonyl (C=O) groups excluding carboxylic acids is 1. The Morgan fingerprint density at radius 3 is 2.62 bits per heavy atom. The van der Waals surface area contributed by atoms with Crippen LogP contribution in [0, 0.1) is 0 Å². The molecule has 2 rings (SSSR count). The predicted octanol–water partition coefficient (Wildman–Crippen LogP) is 2.23. The highest BCUT2D eigenvalue weighted by atomic mass is 19.3. The van der Waals surface area contributed by atoms with E-state index in [0.29, 0.717) is 13.2 Å². The van der Waals surface area contributed by atoms with Crippen LogP contribution in [-0.4, -0.2) is 43.2 Å². The maximum Gasteiger partial charge on any atom is 0.262 e. The van der Waals surface area contributed by atoms with Gasteiger partial charge in [-0.15, -0.1) is 0 Å². The van der Waals surface area contributed by atoms with Gasteiger partial charge in [-0.1, -0.05) is 26.2 Å². The Morgan fingerprint density at radius 1 is 1.33 bits per heavy atom. The first-order valence-electron chi connectivity index (χ1n) is 7.99. The minimum Gasteiger partial charge on any atom is -0.373 e. The molecule has 0 spiro atoms. The van der Waals surface area contributed by atoms with Crippen LogP contribution >= 0.6 is 0 Å². The van der Waals surface area contributed by atoms with Gasteiger partial charge >= 0.3 is 0 Å². The Labute approximate surface area is 125 Å². The lowest BCUT2D eigenvalue weighted by molar-refractivity contribution is -0.126. The Kier molecular flexibility index (Phi) is 5.54. The van der Waals surface area contributed by atoms with Crippen LogP contribution in [0.3, 0.4) is 0 Å². The van der Waals surface area contributed by atoms with Gasteiger partial charge in [-0.2, -0.15) is 0 Å². The van der Waals surface area contributed by atoms with Crippen molar-refractivity contribution in [1.29, 1.82) is 0 Å². The zero-order valence-corrected chi connectivity index (χ0v) is 12.7. The van der Waals surface area contributed by atoms with Crippen LogP contribution in [-0.2, 0) is 9.53 Å². The summed E-state index contributed by atoms with van der Waals surface area (Å²) in [6.07, 6.45) is 5.77. The van der Waals surface area contributed by atoms with Gasteiger partial charge in [-0.05, 0) is 19.3 Å². The molecule has 21 heavy (non-hydrogen) atoms. The second-order valence-corrected chi connectivity index (χ2v) is 6.30. The number of nitrogens with one attached hydrogen (secondary N) is 2. The van der Waals surface area contributed by atoms with Gasteiger partial charge in [0.1, 0.15) is 0 Å². The van der Waals surface area contributed by atoms with E-state index in [1.54, 1.807) is 0 Å². The first-order chi connectivity index (χ1) is 9.96. The van der Waals surface area contributed by atoms with E-state index in [4.69, 9.17) is 4.74 Å². The van der Waals surface area contributed by atoms with E-state index in [-0.39, 0.29) is 11.5 Å². The normalized spacial score (nSPS) is 27.5. The van der Waals surface area contributed by atoms with Crippen LogP contribution in [0.15, 0.2) is 0 Å². The van der Waals surface area contributed by atoms with Crippen molar-refractivity contribution >= 4 is 5.91 Å². The van der Waals surface area contributed by atoms with Gasteiger partial charge in [0.2, 0.25) is 5.91 Å². The topological polar surface area (TPSA) is 50.4 Å². The van der Waals surface area contributed by atoms with Crippen molar-refractivity contribution in [3.63, 3.8) is 0 Å². The highest BCUT2D eigenvalue weighted by molar-refractivity contribution is 5.82. The van der Waals surface area contributed by atoms with E-state index < -0.39 is 24.9 Å². The highest BCUT2D eigenvalue weighted by Gasteiger charge is 2.43. The number of amides is 1. The standard InChI is InChI=1S/C15H26F2N2O2/c1-2-8-21-14(6-4-3-5-7-14)10-19-13(20)12-9-15(16,17)11-18-12/h12,18H,2-11H2,1H3,(H,19,20). The van der Waals surface area contributed by atoms with E-state index in [1.807, 2.05) is 0 Å². The number of ether oxygens (including phenoxy) is 1. The molecule has 0 aromatic rings. The van der Waals surface area contributed by atoms with Gasteiger partial charge in [0, 0.05) is 19.6 Å². The Hall–Kier alpha value is -0.750. The lowest BCUT2D eigenvalue weighted by Gasteiger charge is -2.37. The van der Waals surface area contributed by atoms with Crippen molar-refractivity contribution < 1.29 is 18.3 Å². The monoisotopic (exact) mass is 304 g/mol. The predicted molar refractivity (Wildman–Crippen MR) is 76.4 cm³/mol. The lowest BCUT2D eigenvalue weighted by Crippen LogP contribution is -2.50. The molecular formula is C15H26F2N2O2. The van der Waals surface area contributed by atoms with Crippen LogP contribution in [0.4, 0.5) is 8.78 Å². The second kappa shape index (κ2) is 7.01. The molecule has 1 heterocycles. The van der Waals surface area contributed by atoms with Crippen LogP contribution < -0.4 is 10.6 Å². The molecule has 1 amide bonds. The van der Waals surface area contributed by atoms with Crippen LogP contribution in [0.5, 0.6) is 0 Å². The van der Waals surface area contributed by atoms with Crippen molar-refractivity contribution in [1.82, 2.24) is 10.6 Å². The smallest absolute Gasteiger partial charge is 0.262 e. The first kappa shape index (κ1) is 16.6. The second-order valence-electron chi connectivity index (χ2n) is 6.30. The number of hydrogen-bond acceptors (Lipinski definition) is 3. The average molecular weight is 304 g/mol. The van der Waals surface area contributed by atoms with E-state index in [2.05, 4.69) is 17.6 Å². The molecule has 0 aromatic carbocycles. The summed E-state index contributed by atoms with van der Waals surface area (Å²) in [7, 11) is 0.